The van der Waals surface area contributed by atoms with Crippen LogP contribution in [0.3, 0.4) is 0 Å². The zero-order valence-electron chi connectivity index (χ0n) is 11.0. The average molecular weight is 255 g/mol. The second-order valence-corrected chi connectivity index (χ2v) is 4.81. The average Bonchev–Trinajstić information content (AvgIpc) is 2.35. The molecule has 0 amide bonds. The Balaban J connectivity index is 2.51. The summed E-state index contributed by atoms with van der Waals surface area (Å²) >= 11 is 6.15. The number of rotatable bonds is 7. The van der Waals surface area contributed by atoms with Crippen LogP contribution in [0.25, 0.3) is 0 Å². The van der Waals surface area contributed by atoms with E-state index in [1.54, 1.807) is 0 Å². The summed E-state index contributed by atoms with van der Waals surface area (Å²) < 4.78 is 0. The zero-order chi connectivity index (χ0) is 12.7. The predicted octanol–water partition coefficient (Wildman–Crippen LogP) is 3.74. The van der Waals surface area contributed by atoms with Gasteiger partial charge in [0.15, 0.2) is 0 Å². The van der Waals surface area contributed by atoms with Gasteiger partial charge in [-0.15, -0.1) is 11.6 Å². The quantitative estimate of drug-likeness (QED) is 0.746. The Hall–Kier alpha value is -0.730. The van der Waals surface area contributed by atoms with Crippen molar-refractivity contribution in [2.75, 3.05) is 31.5 Å². The van der Waals surface area contributed by atoms with Gasteiger partial charge in [0, 0.05) is 18.8 Å². The maximum Gasteiger partial charge on any atom is 0.0577 e. The summed E-state index contributed by atoms with van der Waals surface area (Å²) in [5, 5.41) is 3.52. The summed E-state index contributed by atoms with van der Waals surface area (Å²) in [7, 11) is 0. The molecular formula is C14H23ClN2. The van der Waals surface area contributed by atoms with Crippen LogP contribution in [0.2, 0.25) is 0 Å². The van der Waals surface area contributed by atoms with Crippen molar-refractivity contribution in [2.45, 2.75) is 26.1 Å². The Bertz CT molecular complexity index is 322. The topological polar surface area (TPSA) is 15.3 Å². The molecule has 0 aliphatic carbocycles. The van der Waals surface area contributed by atoms with Crippen LogP contribution in [0.4, 0.5) is 5.69 Å². The number of anilines is 1. The van der Waals surface area contributed by atoms with E-state index in [1.165, 1.54) is 5.56 Å². The maximum absolute atomic E-state index is 6.15. The fourth-order valence-corrected chi connectivity index (χ4v) is 2.08. The van der Waals surface area contributed by atoms with Crippen LogP contribution in [0.5, 0.6) is 0 Å². The fraction of sp³-hybridized carbons (Fsp3) is 0.571. The lowest BCUT2D eigenvalue weighted by molar-refractivity contribution is 0.316. The molecular weight excluding hydrogens is 232 g/mol. The molecule has 1 N–H and O–H groups in total. The van der Waals surface area contributed by atoms with Crippen molar-refractivity contribution in [2.24, 2.45) is 0 Å². The molecule has 0 aliphatic heterocycles. The minimum Gasteiger partial charge on any atom is -0.383 e. The molecule has 0 radical (unpaired) electrons. The van der Waals surface area contributed by atoms with E-state index in [0.717, 1.165) is 31.9 Å². The van der Waals surface area contributed by atoms with Crippen LogP contribution in [-0.2, 0) is 0 Å². The van der Waals surface area contributed by atoms with E-state index in [9.17, 15) is 0 Å². The second-order valence-electron chi connectivity index (χ2n) is 4.16. The first-order chi connectivity index (χ1) is 8.19. The van der Waals surface area contributed by atoms with E-state index in [0.29, 0.717) is 0 Å². The molecule has 1 rings (SSSR count). The number of hydrogen-bond donors (Lipinski definition) is 1. The monoisotopic (exact) mass is 254 g/mol. The number of nitrogens with zero attached hydrogens (tertiary/aromatic N) is 1. The standard InChI is InChI=1S/C14H23ClN2/c1-4-17(5-2)11-10-16-14-9-7-6-8-13(14)12(3)15/h6-9,12,16H,4-5,10-11H2,1-3H3. The summed E-state index contributed by atoms with van der Waals surface area (Å²) in [5.41, 5.74) is 2.33. The number of hydrogen-bond acceptors (Lipinski definition) is 2. The molecule has 2 nitrogen and oxygen atoms in total. The van der Waals surface area contributed by atoms with Crippen molar-refractivity contribution in [1.29, 1.82) is 0 Å². The van der Waals surface area contributed by atoms with E-state index in [4.69, 9.17) is 11.6 Å². The molecule has 0 aromatic heterocycles. The molecule has 1 aromatic rings. The van der Waals surface area contributed by atoms with Gasteiger partial charge in [-0.1, -0.05) is 32.0 Å². The summed E-state index contributed by atoms with van der Waals surface area (Å²) in [5.74, 6) is 0. The van der Waals surface area contributed by atoms with Gasteiger partial charge in [0.25, 0.3) is 0 Å². The van der Waals surface area contributed by atoms with Crippen molar-refractivity contribution in [3.63, 3.8) is 0 Å². The Morgan fingerprint density at radius 1 is 1.24 bits per heavy atom. The van der Waals surface area contributed by atoms with Gasteiger partial charge in [0.05, 0.1) is 5.38 Å². The van der Waals surface area contributed by atoms with Gasteiger partial charge < -0.3 is 10.2 Å². The lowest BCUT2D eigenvalue weighted by Crippen LogP contribution is -2.28. The summed E-state index contributed by atoms with van der Waals surface area (Å²) in [6, 6.07) is 8.25. The van der Waals surface area contributed by atoms with Crippen LogP contribution >= 0.6 is 11.6 Å². The number of para-hydroxylation sites is 1. The van der Waals surface area contributed by atoms with Crippen LogP contribution in [0.1, 0.15) is 31.7 Å². The third kappa shape index (κ3) is 4.57. The van der Waals surface area contributed by atoms with E-state index in [2.05, 4.69) is 36.2 Å². The normalized spacial score (nSPS) is 12.8. The molecule has 1 unspecified atom stereocenters. The molecule has 0 spiro atoms. The molecule has 0 heterocycles. The van der Waals surface area contributed by atoms with Gasteiger partial charge in [-0.3, -0.25) is 0 Å². The Morgan fingerprint density at radius 3 is 2.47 bits per heavy atom. The minimum atomic E-state index is 0.0483. The van der Waals surface area contributed by atoms with Crippen molar-refractivity contribution in [3.8, 4) is 0 Å². The van der Waals surface area contributed by atoms with E-state index < -0.39 is 0 Å². The predicted molar refractivity (Wildman–Crippen MR) is 77.0 cm³/mol. The van der Waals surface area contributed by atoms with Gasteiger partial charge in [-0.05, 0) is 31.6 Å². The molecule has 0 saturated heterocycles. The second kappa shape index (κ2) is 7.57. The lowest BCUT2D eigenvalue weighted by Gasteiger charge is -2.19. The lowest BCUT2D eigenvalue weighted by atomic mass is 10.1. The number of likely N-dealkylation sites (N-methyl/N-ethyl adjacent to an activating group) is 1. The highest BCUT2D eigenvalue weighted by Gasteiger charge is 2.06. The van der Waals surface area contributed by atoms with E-state index in [1.807, 2.05) is 19.1 Å². The Kier molecular flexibility index (Phi) is 6.38. The molecule has 3 heteroatoms. The number of alkyl halides is 1. The van der Waals surface area contributed by atoms with Crippen LogP contribution in [-0.4, -0.2) is 31.1 Å². The van der Waals surface area contributed by atoms with E-state index >= 15 is 0 Å². The molecule has 0 bridgehead atoms. The first-order valence-electron chi connectivity index (χ1n) is 6.38. The van der Waals surface area contributed by atoms with Crippen molar-refractivity contribution in [1.82, 2.24) is 4.90 Å². The van der Waals surface area contributed by atoms with Gasteiger partial charge in [-0.2, -0.15) is 0 Å². The summed E-state index contributed by atoms with van der Waals surface area (Å²) in [6.07, 6.45) is 0. The molecule has 0 fully saturated rings. The number of nitrogens with one attached hydrogen (secondary N) is 1. The fourth-order valence-electron chi connectivity index (χ4n) is 1.89. The molecule has 0 aliphatic rings. The van der Waals surface area contributed by atoms with Gasteiger partial charge in [0.2, 0.25) is 0 Å². The third-order valence-corrected chi connectivity index (χ3v) is 3.26. The van der Waals surface area contributed by atoms with Crippen LogP contribution in [0, 0.1) is 0 Å². The highest BCUT2D eigenvalue weighted by molar-refractivity contribution is 6.21. The maximum atomic E-state index is 6.15. The van der Waals surface area contributed by atoms with Crippen molar-refractivity contribution >= 4 is 17.3 Å². The van der Waals surface area contributed by atoms with Gasteiger partial charge >= 0.3 is 0 Å². The largest absolute Gasteiger partial charge is 0.383 e. The third-order valence-electron chi connectivity index (χ3n) is 3.03. The minimum absolute atomic E-state index is 0.0483. The highest BCUT2D eigenvalue weighted by Crippen LogP contribution is 2.26. The van der Waals surface area contributed by atoms with Crippen LogP contribution < -0.4 is 5.32 Å². The molecule has 17 heavy (non-hydrogen) atoms. The van der Waals surface area contributed by atoms with Crippen molar-refractivity contribution in [3.05, 3.63) is 29.8 Å². The highest BCUT2D eigenvalue weighted by atomic mass is 35.5. The first kappa shape index (κ1) is 14.3. The Morgan fingerprint density at radius 2 is 1.88 bits per heavy atom. The Labute approximate surface area is 110 Å². The first-order valence-corrected chi connectivity index (χ1v) is 6.81. The molecule has 96 valence electrons. The summed E-state index contributed by atoms with van der Waals surface area (Å²) in [6.45, 7) is 10.6. The number of halogens is 1. The molecule has 0 saturated carbocycles. The van der Waals surface area contributed by atoms with E-state index in [-0.39, 0.29) is 5.38 Å². The van der Waals surface area contributed by atoms with Crippen molar-refractivity contribution < 1.29 is 0 Å². The molecule has 1 atom stereocenters. The van der Waals surface area contributed by atoms with Gasteiger partial charge in [0.1, 0.15) is 0 Å². The smallest absolute Gasteiger partial charge is 0.0577 e. The number of benzene rings is 1. The SMILES string of the molecule is CCN(CC)CCNc1ccccc1C(C)Cl. The van der Waals surface area contributed by atoms with Gasteiger partial charge in [-0.25, -0.2) is 0 Å². The molecule has 1 aromatic carbocycles. The van der Waals surface area contributed by atoms with Crippen LogP contribution in [0.15, 0.2) is 24.3 Å². The summed E-state index contributed by atoms with van der Waals surface area (Å²) in [4.78, 5) is 2.40. The zero-order valence-corrected chi connectivity index (χ0v) is 11.8.